The Hall–Kier alpha value is -2.56. The van der Waals surface area contributed by atoms with Gasteiger partial charge in [0, 0.05) is 24.7 Å². The lowest BCUT2D eigenvalue weighted by molar-refractivity contribution is 0.0603. The van der Waals surface area contributed by atoms with E-state index in [1.807, 2.05) is 6.20 Å². The molecule has 0 aliphatic carbocycles. The highest BCUT2D eigenvalue weighted by atomic mass is 35.5. The first-order valence-corrected chi connectivity index (χ1v) is 10.9. The van der Waals surface area contributed by atoms with Gasteiger partial charge < -0.3 is 9.72 Å². The van der Waals surface area contributed by atoms with E-state index in [4.69, 9.17) is 16.3 Å². The van der Waals surface area contributed by atoms with Crippen LogP contribution < -0.4 is 0 Å². The lowest BCUT2D eigenvalue weighted by Crippen LogP contribution is -2.29. The maximum absolute atomic E-state index is 12.2. The number of ether oxygens (including phenoxy) is 1. The second-order valence-corrected chi connectivity index (χ2v) is 8.16. The van der Waals surface area contributed by atoms with Crippen LogP contribution in [0.3, 0.4) is 0 Å². The Morgan fingerprint density at radius 2 is 2.00 bits per heavy atom. The van der Waals surface area contributed by atoms with Crippen molar-refractivity contribution in [3.63, 3.8) is 0 Å². The van der Waals surface area contributed by atoms with Crippen LogP contribution >= 0.6 is 11.6 Å². The van der Waals surface area contributed by atoms with Gasteiger partial charge in [-0.15, -0.1) is 0 Å². The first-order chi connectivity index (χ1) is 14.7. The number of carbonyl (C=O) groups excluding carboxylic acids is 1. The normalized spacial score (nSPS) is 14.7. The van der Waals surface area contributed by atoms with E-state index in [1.165, 1.54) is 18.2 Å². The molecule has 156 valence electrons. The van der Waals surface area contributed by atoms with Crippen LogP contribution in [0.15, 0.2) is 54.7 Å². The summed E-state index contributed by atoms with van der Waals surface area (Å²) in [7, 11) is 1.41. The van der Waals surface area contributed by atoms with Crippen LogP contribution in [0.25, 0.3) is 16.5 Å². The van der Waals surface area contributed by atoms with Crippen LogP contribution in [-0.2, 0) is 11.2 Å². The molecule has 0 spiro atoms. The highest BCUT2D eigenvalue weighted by molar-refractivity contribution is 6.35. The zero-order valence-corrected chi connectivity index (χ0v) is 18.0. The second kappa shape index (κ2) is 9.50. The van der Waals surface area contributed by atoms with Crippen LogP contribution in [0.1, 0.15) is 40.7 Å². The second-order valence-electron chi connectivity index (χ2n) is 7.75. The molecule has 1 aliphatic heterocycles. The molecule has 0 saturated carbocycles. The van der Waals surface area contributed by atoms with Gasteiger partial charge in [0.2, 0.25) is 0 Å². The number of H-pyrrole nitrogens is 1. The SMILES string of the molecule is COC(=O)c1ccc(Cl)c2[nH]cc(CCCCN3CC=C(c4ccccc4)CC3)c12. The Labute approximate surface area is 182 Å². The Balaban J connectivity index is 1.33. The molecule has 0 atom stereocenters. The Bertz CT molecular complexity index is 1060. The fourth-order valence-electron chi connectivity index (χ4n) is 4.24. The van der Waals surface area contributed by atoms with E-state index in [2.05, 4.69) is 46.3 Å². The summed E-state index contributed by atoms with van der Waals surface area (Å²) in [6.07, 6.45) is 8.53. The number of carbonyl (C=O) groups is 1. The largest absolute Gasteiger partial charge is 0.465 e. The monoisotopic (exact) mass is 422 g/mol. The highest BCUT2D eigenvalue weighted by Crippen LogP contribution is 2.30. The fourth-order valence-corrected chi connectivity index (χ4v) is 4.45. The van der Waals surface area contributed by atoms with Crippen molar-refractivity contribution in [1.82, 2.24) is 9.88 Å². The van der Waals surface area contributed by atoms with Gasteiger partial charge in [0.15, 0.2) is 0 Å². The minimum Gasteiger partial charge on any atom is -0.465 e. The number of benzene rings is 2. The number of methoxy groups -OCH3 is 1. The molecular formula is C25H27ClN2O2. The van der Waals surface area contributed by atoms with Gasteiger partial charge in [-0.05, 0) is 61.1 Å². The van der Waals surface area contributed by atoms with Gasteiger partial charge in [0.25, 0.3) is 0 Å². The summed E-state index contributed by atoms with van der Waals surface area (Å²) in [4.78, 5) is 17.9. The van der Waals surface area contributed by atoms with Crippen molar-refractivity contribution >= 4 is 34.0 Å². The third-order valence-electron chi connectivity index (χ3n) is 5.88. The summed E-state index contributed by atoms with van der Waals surface area (Å²) in [6.45, 7) is 3.21. The number of fused-ring (bicyclic) bond motifs is 1. The van der Waals surface area contributed by atoms with E-state index in [9.17, 15) is 4.79 Å². The molecule has 0 saturated heterocycles. The maximum Gasteiger partial charge on any atom is 0.338 e. The van der Waals surface area contributed by atoms with Gasteiger partial charge in [0.1, 0.15) is 0 Å². The molecule has 2 aromatic carbocycles. The smallest absolute Gasteiger partial charge is 0.338 e. The van der Waals surface area contributed by atoms with E-state index in [1.54, 1.807) is 12.1 Å². The number of hydrogen-bond donors (Lipinski definition) is 1. The van der Waals surface area contributed by atoms with Crippen molar-refractivity contribution in [3.05, 3.63) is 76.5 Å². The minimum absolute atomic E-state index is 0.327. The van der Waals surface area contributed by atoms with Crippen LogP contribution in [0.4, 0.5) is 0 Å². The molecule has 4 nitrogen and oxygen atoms in total. The lowest BCUT2D eigenvalue weighted by atomic mass is 9.99. The molecule has 0 fully saturated rings. The summed E-state index contributed by atoms with van der Waals surface area (Å²) in [5, 5.41) is 1.51. The van der Waals surface area contributed by atoms with Crippen molar-refractivity contribution in [1.29, 1.82) is 0 Å². The quantitative estimate of drug-likeness (QED) is 0.391. The molecule has 4 rings (SSSR count). The number of hydrogen-bond acceptors (Lipinski definition) is 3. The molecule has 1 aromatic heterocycles. The predicted octanol–water partition coefficient (Wildman–Crippen LogP) is 5.72. The van der Waals surface area contributed by atoms with Crippen LogP contribution in [0.2, 0.25) is 5.02 Å². The molecular weight excluding hydrogens is 396 g/mol. The number of nitrogens with one attached hydrogen (secondary N) is 1. The minimum atomic E-state index is -0.327. The summed E-state index contributed by atoms with van der Waals surface area (Å²) >= 11 is 6.31. The number of unbranched alkanes of at least 4 members (excludes halogenated alkanes) is 1. The van der Waals surface area contributed by atoms with Gasteiger partial charge in [-0.3, -0.25) is 4.90 Å². The molecule has 30 heavy (non-hydrogen) atoms. The first-order valence-electron chi connectivity index (χ1n) is 10.5. The molecule has 0 radical (unpaired) electrons. The molecule has 5 heteroatoms. The summed E-state index contributed by atoms with van der Waals surface area (Å²) in [6, 6.07) is 14.1. The number of nitrogens with zero attached hydrogens (tertiary/aromatic N) is 1. The third-order valence-corrected chi connectivity index (χ3v) is 6.19. The Kier molecular flexibility index (Phi) is 6.56. The van der Waals surface area contributed by atoms with Crippen molar-refractivity contribution in [3.8, 4) is 0 Å². The van der Waals surface area contributed by atoms with E-state index in [0.29, 0.717) is 10.6 Å². The van der Waals surface area contributed by atoms with Gasteiger partial charge in [0.05, 0.1) is 23.2 Å². The van der Waals surface area contributed by atoms with Gasteiger partial charge in [-0.1, -0.05) is 48.0 Å². The molecule has 3 aromatic rings. The van der Waals surface area contributed by atoms with Crippen LogP contribution in [-0.4, -0.2) is 42.6 Å². The first kappa shape index (κ1) is 20.7. The molecule has 2 heterocycles. The average Bonchev–Trinajstić information content (AvgIpc) is 3.22. The number of esters is 1. The molecule has 1 N–H and O–H groups in total. The summed E-state index contributed by atoms with van der Waals surface area (Å²) in [5.41, 5.74) is 5.30. The van der Waals surface area contributed by atoms with Gasteiger partial charge >= 0.3 is 5.97 Å². The lowest BCUT2D eigenvalue weighted by Gasteiger charge is -2.26. The maximum atomic E-state index is 12.2. The van der Waals surface area contributed by atoms with E-state index in [0.717, 1.165) is 61.8 Å². The van der Waals surface area contributed by atoms with Crippen molar-refractivity contribution in [2.45, 2.75) is 25.7 Å². The highest BCUT2D eigenvalue weighted by Gasteiger charge is 2.17. The number of aryl methyl sites for hydroxylation is 1. The molecule has 0 unspecified atom stereocenters. The predicted molar refractivity (Wildman–Crippen MR) is 123 cm³/mol. The summed E-state index contributed by atoms with van der Waals surface area (Å²) < 4.78 is 4.95. The average molecular weight is 423 g/mol. The van der Waals surface area contributed by atoms with Crippen LogP contribution in [0.5, 0.6) is 0 Å². The molecule has 1 aliphatic rings. The standard InChI is InChI=1S/C25H27ClN2O2/c1-30-25(29)21-10-11-22(26)24-23(21)20(17-27-24)9-5-6-14-28-15-12-19(13-16-28)18-7-3-2-4-8-18/h2-4,7-8,10-12,17,27H,5-6,9,13-16H2,1H3. The topological polar surface area (TPSA) is 45.3 Å². The van der Waals surface area contributed by atoms with Crippen molar-refractivity contribution in [2.75, 3.05) is 26.7 Å². The van der Waals surface area contributed by atoms with Gasteiger partial charge in [-0.2, -0.15) is 0 Å². The van der Waals surface area contributed by atoms with E-state index >= 15 is 0 Å². The number of aromatic nitrogens is 1. The fraction of sp³-hybridized carbons (Fsp3) is 0.320. The molecule has 0 amide bonds. The zero-order valence-electron chi connectivity index (χ0n) is 17.3. The zero-order chi connectivity index (χ0) is 20.9. The number of rotatable bonds is 7. The van der Waals surface area contributed by atoms with Crippen LogP contribution in [0, 0.1) is 0 Å². The van der Waals surface area contributed by atoms with Crippen molar-refractivity contribution in [2.24, 2.45) is 0 Å². The van der Waals surface area contributed by atoms with Crippen molar-refractivity contribution < 1.29 is 9.53 Å². The Morgan fingerprint density at radius 1 is 1.17 bits per heavy atom. The number of halogens is 1. The van der Waals surface area contributed by atoms with E-state index < -0.39 is 0 Å². The van der Waals surface area contributed by atoms with E-state index in [-0.39, 0.29) is 5.97 Å². The molecule has 0 bridgehead atoms. The summed E-state index contributed by atoms with van der Waals surface area (Å²) in [5.74, 6) is -0.327. The third kappa shape index (κ3) is 4.45. The van der Waals surface area contributed by atoms with Gasteiger partial charge in [-0.25, -0.2) is 4.79 Å². The number of aromatic amines is 1. The Morgan fingerprint density at radius 3 is 2.73 bits per heavy atom.